The zero-order chi connectivity index (χ0) is 22.8. The molecule has 0 spiro atoms. The third kappa shape index (κ3) is 18.4. The van der Waals surface area contributed by atoms with Crippen molar-refractivity contribution in [2.75, 3.05) is 6.61 Å². The second-order valence-electron chi connectivity index (χ2n) is 10.2. The topological polar surface area (TPSA) is 55.8 Å². The van der Waals surface area contributed by atoms with Crippen LogP contribution in [-0.2, 0) is 14.3 Å². The van der Waals surface area contributed by atoms with Gasteiger partial charge in [0.15, 0.2) is 0 Å². The van der Waals surface area contributed by atoms with Crippen molar-refractivity contribution in [1.29, 1.82) is 0 Å². The first-order valence-corrected chi connectivity index (χ1v) is 15.7. The quantitative estimate of drug-likeness (QED) is 0.139. The molecule has 0 saturated carbocycles. The van der Waals surface area contributed by atoms with E-state index in [9.17, 15) is 9.90 Å². The molecule has 0 bridgehead atoms. The average molecular weight is 445 g/mol. The lowest BCUT2D eigenvalue weighted by Crippen LogP contribution is -2.44. The number of ether oxygens (including phenoxy) is 2. The van der Waals surface area contributed by atoms with Gasteiger partial charge >= 0.3 is 5.97 Å². The Kier molecular flexibility index (Phi) is 18.0. The minimum Gasteiger partial charge on any atom is -0.464 e. The Morgan fingerprint density at radius 2 is 1.27 bits per heavy atom. The van der Waals surface area contributed by atoms with Gasteiger partial charge in [-0.05, 0) is 27.2 Å². The molecular weight excluding hydrogens is 392 g/mol. The maximum atomic E-state index is 12.2. The van der Waals surface area contributed by atoms with Crippen LogP contribution in [0, 0.1) is 0 Å². The number of hydrogen-bond donors (Lipinski definition) is 1. The zero-order valence-corrected chi connectivity index (χ0v) is 22.2. The normalized spacial score (nSPS) is 14.1. The Bertz CT molecular complexity index is 406. The largest absolute Gasteiger partial charge is 0.464 e. The number of carbonyl (C=O) groups is 1. The van der Waals surface area contributed by atoms with E-state index in [2.05, 4.69) is 20.0 Å². The Morgan fingerprint density at radius 1 is 0.833 bits per heavy atom. The fraction of sp³-hybridized carbons (Fsp3) is 0.960. The number of carbonyl (C=O) groups excluding carboxylic acids is 1. The molecule has 180 valence electrons. The van der Waals surface area contributed by atoms with Gasteiger partial charge in [0.1, 0.15) is 11.8 Å². The van der Waals surface area contributed by atoms with E-state index in [4.69, 9.17) is 9.47 Å². The molecule has 0 aliphatic carbocycles. The van der Waals surface area contributed by atoms with E-state index in [0.717, 1.165) is 12.8 Å². The molecule has 0 rings (SSSR count). The van der Waals surface area contributed by atoms with Crippen molar-refractivity contribution in [2.45, 2.75) is 148 Å². The maximum absolute atomic E-state index is 12.2. The van der Waals surface area contributed by atoms with Gasteiger partial charge in [-0.25, -0.2) is 0 Å². The van der Waals surface area contributed by atoms with Gasteiger partial charge < -0.3 is 14.6 Å². The Balaban J connectivity index is 3.74. The van der Waals surface area contributed by atoms with E-state index in [-0.39, 0.29) is 23.9 Å². The SMILES string of the molecule is CCCCCCCCCCCCCCCC(=O)OC(C(O)COC(C)(C)C)[SiH](C)C. The van der Waals surface area contributed by atoms with Gasteiger partial charge in [0.2, 0.25) is 0 Å². The van der Waals surface area contributed by atoms with E-state index >= 15 is 0 Å². The number of hydrogen-bond acceptors (Lipinski definition) is 4. The lowest BCUT2D eigenvalue weighted by atomic mass is 10.0. The van der Waals surface area contributed by atoms with Gasteiger partial charge in [-0.15, -0.1) is 0 Å². The van der Waals surface area contributed by atoms with Crippen LogP contribution in [0.5, 0.6) is 0 Å². The molecule has 0 aromatic rings. The highest BCUT2D eigenvalue weighted by atomic mass is 28.3. The van der Waals surface area contributed by atoms with Gasteiger partial charge in [-0.3, -0.25) is 4.79 Å². The number of aliphatic hydroxyl groups excluding tert-OH is 1. The van der Waals surface area contributed by atoms with Gasteiger partial charge in [-0.2, -0.15) is 0 Å². The summed E-state index contributed by atoms with van der Waals surface area (Å²) in [6.07, 6.45) is 16.5. The summed E-state index contributed by atoms with van der Waals surface area (Å²) in [5.74, 6) is -0.168. The standard InChI is InChI=1S/C25H52O4Si/c1-7-8-9-10-11-12-13-14-15-16-17-18-19-20-23(27)29-24(30(5)6)22(26)21-28-25(2,3)4/h22,24,26,30H,7-21H2,1-6H3. The molecule has 0 aliphatic rings. The summed E-state index contributed by atoms with van der Waals surface area (Å²) in [6, 6.07) is 0. The molecule has 0 radical (unpaired) electrons. The Labute approximate surface area is 189 Å². The zero-order valence-electron chi connectivity index (χ0n) is 21.0. The van der Waals surface area contributed by atoms with Crippen molar-refractivity contribution in [3.05, 3.63) is 0 Å². The molecule has 0 fully saturated rings. The van der Waals surface area contributed by atoms with Crippen molar-refractivity contribution < 1.29 is 19.4 Å². The smallest absolute Gasteiger partial charge is 0.305 e. The molecule has 2 atom stereocenters. The molecule has 30 heavy (non-hydrogen) atoms. The molecule has 1 N–H and O–H groups in total. The van der Waals surface area contributed by atoms with Crippen LogP contribution in [0.1, 0.15) is 118 Å². The second-order valence-corrected chi connectivity index (χ2v) is 13.3. The van der Waals surface area contributed by atoms with Gasteiger partial charge in [0.05, 0.1) is 21.0 Å². The van der Waals surface area contributed by atoms with Crippen LogP contribution < -0.4 is 0 Å². The summed E-state index contributed by atoms with van der Waals surface area (Å²) in [5, 5.41) is 10.4. The van der Waals surface area contributed by atoms with Crippen LogP contribution in [0.4, 0.5) is 0 Å². The Hall–Kier alpha value is -0.393. The van der Waals surface area contributed by atoms with E-state index in [1.54, 1.807) is 0 Å². The summed E-state index contributed by atoms with van der Waals surface area (Å²) in [4.78, 5) is 12.2. The minimum atomic E-state index is -1.33. The molecule has 0 aromatic heterocycles. The second kappa shape index (κ2) is 18.2. The van der Waals surface area contributed by atoms with E-state index in [0.29, 0.717) is 6.42 Å². The first-order chi connectivity index (χ1) is 14.2. The highest BCUT2D eigenvalue weighted by Crippen LogP contribution is 2.15. The number of aliphatic hydroxyl groups is 1. The molecule has 0 amide bonds. The molecule has 0 aliphatic heterocycles. The van der Waals surface area contributed by atoms with Gasteiger partial charge in [-0.1, -0.05) is 97.1 Å². The summed E-state index contributed by atoms with van der Waals surface area (Å²) in [6.45, 7) is 12.6. The van der Waals surface area contributed by atoms with Crippen LogP contribution in [0.2, 0.25) is 13.1 Å². The lowest BCUT2D eigenvalue weighted by Gasteiger charge is -2.28. The highest BCUT2D eigenvalue weighted by Gasteiger charge is 2.28. The molecule has 0 saturated heterocycles. The predicted molar refractivity (Wildman–Crippen MR) is 131 cm³/mol. The molecule has 5 heteroatoms. The van der Waals surface area contributed by atoms with Crippen molar-refractivity contribution in [3.8, 4) is 0 Å². The molecule has 2 unspecified atom stereocenters. The van der Waals surface area contributed by atoms with Crippen molar-refractivity contribution in [1.82, 2.24) is 0 Å². The highest BCUT2D eigenvalue weighted by molar-refractivity contribution is 6.57. The summed E-state index contributed by atoms with van der Waals surface area (Å²) >= 11 is 0. The van der Waals surface area contributed by atoms with Crippen molar-refractivity contribution in [2.24, 2.45) is 0 Å². The first-order valence-electron chi connectivity index (χ1n) is 12.7. The number of unbranched alkanes of at least 4 members (excludes halogenated alkanes) is 12. The van der Waals surface area contributed by atoms with Crippen LogP contribution in [-0.4, -0.2) is 43.9 Å². The summed E-state index contributed by atoms with van der Waals surface area (Å²) < 4.78 is 11.3. The van der Waals surface area contributed by atoms with E-state index in [1.807, 2.05) is 20.8 Å². The van der Waals surface area contributed by atoms with E-state index < -0.39 is 14.9 Å². The molecule has 0 aromatic carbocycles. The van der Waals surface area contributed by atoms with E-state index in [1.165, 1.54) is 70.6 Å². The molecule has 0 heterocycles. The fourth-order valence-electron chi connectivity index (χ4n) is 3.59. The monoisotopic (exact) mass is 444 g/mol. The predicted octanol–water partition coefficient (Wildman–Crippen LogP) is 6.58. The van der Waals surface area contributed by atoms with Gasteiger partial charge in [0.25, 0.3) is 0 Å². The van der Waals surface area contributed by atoms with Crippen LogP contribution in [0.25, 0.3) is 0 Å². The van der Waals surface area contributed by atoms with Crippen LogP contribution in [0.3, 0.4) is 0 Å². The van der Waals surface area contributed by atoms with Gasteiger partial charge in [0, 0.05) is 6.42 Å². The Morgan fingerprint density at radius 3 is 1.67 bits per heavy atom. The minimum absolute atomic E-state index is 0.168. The van der Waals surface area contributed by atoms with Crippen molar-refractivity contribution >= 4 is 14.8 Å². The fourth-order valence-corrected chi connectivity index (χ4v) is 5.01. The molecular formula is C25H52O4Si. The average Bonchev–Trinajstić information content (AvgIpc) is 2.67. The lowest BCUT2D eigenvalue weighted by molar-refractivity contribution is -0.153. The number of esters is 1. The number of rotatable bonds is 19. The first kappa shape index (κ1) is 29.6. The molecule has 4 nitrogen and oxygen atoms in total. The van der Waals surface area contributed by atoms with Crippen LogP contribution in [0.15, 0.2) is 0 Å². The third-order valence-corrected chi connectivity index (χ3v) is 7.37. The van der Waals surface area contributed by atoms with Crippen molar-refractivity contribution in [3.63, 3.8) is 0 Å². The van der Waals surface area contributed by atoms with Crippen LogP contribution >= 0.6 is 0 Å². The maximum Gasteiger partial charge on any atom is 0.305 e. The summed E-state index contributed by atoms with van der Waals surface area (Å²) in [7, 11) is -1.33. The summed E-state index contributed by atoms with van der Waals surface area (Å²) in [5.41, 5.74) is -0.676. The third-order valence-electron chi connectivity index (χ3n) is 5.48.